The third kappa shape index (κ3) is 8.78. The molecule has 1 aliphatic heterocycles. The van der Waals surface area contributed by atoms with Crippen LogP contribution in [0.5, 0.6) is 11.5 Å². The number of unbranched alkanes of at least 4 members (excludes halogenated alkanes) is 3. The summed E-state index contributed by atoms with van der Waals surface area (Å²) in [6.07, 6.45) is -0.00365. The predicted molar refractivity (Wildman–Crippen MR) is 161 cm³/mol. The van der Waals surface area contributed by atoms with Gasteiger partial charge in [0.2, 0.25) is 0 Å². The minimum Gasteiger partial charge on any atom is -0.494 e. The molecule has 12 heteroatoms. The molecule has 0 bridgehead atoms. The van der Waals surface area contributed by atoms with E-state index in [4.69, 9.17) is 23.7 Å². The van der Waals surface area contributed by atoms with Gasteiger partial charge in [-0.1, -0.05) is 43.0 Å². The van der Waals surface area contributed by atoms with Crippen LogP contribution in [0.4, 0.5) is 0 Å². The zero-order valence-electron chi connectivity index (χ0n) is 24.6. The predicted octanol–water partition coefficient (Wildman–Crippen LogP) is 5.06. The molecule has 2 unspecified atom stereocenters. The quantitative estimate of drug-likeness (QED) is 0.0989. The Bertz CT molecular complexity index is 1590. The standard InChI is InChI=1S/C34H31NO11/c1-2-28(36)43-18-6-4-3-5-17-42-26-15-16-27(24(19-26)20-35)33(41)44-25-13-11-22(12-14-25)21-7-9-23(10-8-21)34-45-29(31(37)38)30(46-34)32(39)40/h2,7-16,19,29-30,34H,1,3-6,17-18H2,(H,37,38)(H,39,40). The second-order valence-electron chi connectivity index (χ2n) is 10.1. The molecule has 12 nitrogen and oxygen atoms in total. The van der Waals surface area contributed by atoms with Crippen LogP contribution in [0.2, 0.25) is 0 Å². The molecular formula is C34H31NO11. The Balaban J connectivity index is 1.28. The van der Waals surface area contributed by atoms with Crippen molar-refractivity contribution in [1.29, 1.82) is 5.26 Å². The summed E-state index contributed by atoms with van der Waals surface area (Å²) in [5.41, 5.74) is 2.22. The molecule has 238 valence electrons. The molecule has 2 N–H and O–H groups in total. The summed E-state index contributed by atoms with van der Waals surface area (Å²) in [4.78, 5) is 46.5. The summed E-state index contributed by atoms with van der Waals surface area (Å²) >= 11 is 0. The molecule has 1 saturated heterocycles. The molecule has 46 heavy (non-hydrogen) atoms. The van der Waals surface area contributed by atoms with Crippen molar-refractivity contribution in [1.82, 2.24) is 0 Å². The summed E-state index contributed by atoms with van der Waals surface area (Å²) < 4.78 is 26.7. The lowest BCUT2D eigenvalue weighted by molar-refractivity contribution is -0.156. The van der Waals surface area contributed by atoms with E-state index < -0.39 is 42.4 Å². The summed E-state index contributed by atoms with van der Waals surface area (Å²) in [5, 5.41) is 28.0. The zero-order chi connectivity index (χ0) is 33.1. The first kappa shape index (κ1) is 33.4. The summed E-state index contributed by atoms with van der Waals surface area (Å²) in [6, 6.07) is 20.0. The molecule has 4 rings (SSSR count). The van der Waals surface area contributed by atoms with Crippen LogP contribution in [-0.2, 0) is 28.6 Å². The number of carboxylic acid groups (broad SMARTS) is 2. The highest BCUT2D eigenvalue weighted by atomic mass is 16.7. The third-order valence-corrected chi connectivity index (χ3v) is 6.93. The van der Waals surface area contributed by atoms with Crippen LogP contribution < -0.4 is 9.47 Å². The zero-order valence-corrected chi connectivity index (χ0v) is 24.6. The minimum atomic E-state index is -1.62. The fourth-order valence-corrected chi connectivity index (χ4v) is 4.55. The first-order valence-electron chi connectivity index (χ1n) is 14.4. The number of aliphatic carboxylic acids is 2. The van der Waals surface area contributed by atoms with Crippen LogP contribution >= 0.6 is 0 Å². The van der Waals surface area contributed by atoms with Gasteiger partial charge >= 0.3 is 23.9 Å². The van der Waals surface area contributed by atoms with Crippen molar-refractivity contribution in [3.63, 3.8) is 0 Å². The second kappa shape index (κ2) is 16.0. The highest BCUT2D eigenvalue weighted by Crippen LogP contribution is 2.33. The maximum Gasteiger partial charge on any atom is 0.344 e. The Morgan fingerprint density at radius 1 is 0.804 bits per heavy atom. The number of hydrogen-bond donors (Lipinski definition) is 2. The maximum atomic E-state index is 12.9. The number of nitrogens with zero attached hydrogens (tertiary/aromatic N) is 1. The van der Waals surface area contributed by atoms with E-state index in [1.807, 2.05) is 6.07 Å². The van der Waals surface area contributed by atoms with Crippen molar-refractivity contribution in [2.45, 2.75) is 44.2 Å². The Morgan fingerprint density at radius 2 is 1.37 bits per heavy atom. The van der Waals surface area contributed by atoms with Crippen LogP contribution in [-0.4, -0.2) is 59.5 Å². The summed E-state index contributed by atoms with van der Waals surface area (Å²) in [7, 11) is 0. The van der Waals surface area contributed by atoms with Gasteiger partial charge < -0.3 is 33.9 Å². The van der Waals surface area contributed by atoms with Gasteiger partial charge in [-0.25, -0.2) is 19.2 Å². The van der Waals surface area contributed by atoms with Gasteiger partial charge in [-0.05, 0) is 67.1 Å². The maximum absolute atomic E-state index is 12.9. The third-order valence-electron chi connectivity index (χ3n) is 6.93. The highest BCUT2D eigenvalue weighted by molar-refractivity contribution is 5.94. The van der Waals surface area contributed by atoms with Crippen molar-refractivity contribution >= 4 is 23.9 Å². The Hall–Kier alpha value is -5.51. The van der Waals surface area contributed by atoms with Gasteiger partial charge in [-0.2, -0.15) is 5.26 Å². The number of carbonyl (C=O) groups excluding carboxylic acids is 2. The van der Waals surface area contributed by atoms with Gasteiger partial charge in [-0.15, -0.1) is 0 Å². The molecule has 3 aromatic rings. The molecule has 2 atom stereocenters. The van der Waals surface area contributed by atoms with Gasteiger partial charge in [0, 0.05) is 11.6 Å². The van der Waals surface area contributed by atoms with Gasteiger partial charge in [-0.3, -0.25) is 0 Å². The average Bonchev–Trinajstić information content (AvgIpc) is 3.53. The fourth-order valence-electron chi connectivity index (χ4n) is 4.55. The van der Waals surface area contributed by atoms with E-state index in [1.54, 1.807) is 54.6 Å². The van der Waals surface area contributed by atoms with E-state index in [-0.39, 0.29) is 16.9 Å². The van der Waals surface area contributed by atoms with Crippen LogP contribution in [0, 0.1) is 11.3 Å². The molecule has 1 heterocycles. The van der Waals surface area contributed by atoms with E-state index in [2.05, 4.69) is 6.58 Å². The highest BCUT2D eigenvalue weighted by Gasteiger charge is 2.46. The smallest absolute Gasteiger partial charge is 0.344 e. The molecule has 0 saturated carbocycles. The number of rotatable bonds is 15. The van der Waals surface area contributed by atoms with Crippen molar-refractivity contribution in [3.05, 3.63) is 96.1 Å². The van der Waals surface area contributed by atoms with Crippen LogP contribution in [0.1, 0.15) is 53.5 Å². The van der Waals surface area contributed by atoms with Crippen LogP contribution in [0.25, 0.3) is 11.1 Å². The van der Waals surface area contributed by atoms with Crippen molar-refractivity contribution < 1.29 is 53.1 Å². The van der Waals surface area contributed by atoms with Crippen molar-refractivity contribution in [2.24, 2.45) is 0 Å². The van der Waals surface area contributed by atoms with Gasteiger partial charge in [0.05, 0.1) is 24.3 Å². The van der Waals surface area contributed by atoms with E-state index in [1.165, 1.54) is 12.1 Å². The number of esters is 2. The number of carbonyl (C=O) groups is 4. The summed E-state index contributed by atoms with van der Waals surface area (Å²) in [5.74, 6) is -3.27. The Labute approximate surface area is 264 Å². The lowest BCUT2D eigenvalue weighted by atomic mass is 10.0. The normalized spacial score (nSPS) is 17.0. The van der Waals surface area contributed by atoms with Crippen LogP contribution in [0.15, 0.2) is 79.4 Å². The number of benzene rings is 3. The lowest BCUT2D eigenvalue weighted by Gasteiger charge is -2.11. The second-order valence-corrected chi connectivity index (χ2v) is 10.1. The lowest BCUT2D eigenvalue weighted by Crippen LogP contribution is -2.36. The molecule has 0 spiro atoms. The molecule has 3 aromatic carbocycles. The first-order valence-corrected chi connectivity index (χ1v) is 14.4. The minimum absolute atomic E-state index is 0.0928. The SMILES string of the molecule is C=CC(=O)OCCCCCCOc1ccc(C(=O)Oc2ccc(-c3ccc(C4OC(C(=O)O)C(C(=O)O)O4)cc3)cc2)c(C#N)c1. The number of nitriles is 1. The van der Waals surface area contributed by atoms with E-state index >= 15 is 0 Å². The molecule has 0 radical (unpaired) electrons. The first-order chi connectivity index (χ1) is 22.2. The van der Waals surface area contributed by atoms with Crippen molar-refractivity contribution in [2.75, 3.05) is 13.2 Å². The van der Waals surface area contributed by atoms with Gasteiger partial charge in [0.15, 0.2) is 18.5 Å². The topological polar surface area (TPSA) is 179 Å². The molecule has 1 aliphatic rings. The largest absolute Gasteiger partial charge is 0.494 e. The Kier molecular flexibility index (Phi) is 11.6. The van der Waals surface area contributed by atoms with E-state index in [0.29, 0.717) is 24.5 Å². The van der Waals surface area contributed by atoms with Crippen LogP contribution in [0.3, 0.4) is 0 Å². The van der Waals surface area contributed by atoms with E-state index in [9.17, 15) is 34.7 Å². The number of carboxylic acids is 2. The van der Waals surface area contributed by atoms with Gasteiger partial charge in [0.1, 0.15) is 17.6 Å². The van der Waals surface area contributed by atoms with Gasteiger partial charge in [0.25, 0.3) is 0 Å². The Morgan fingerprint density at radius 3 is 1.93 bits per heavy atom. The molecule has 1 fully saturated rings. The fraction of sp³-hybridized carbons (Fsp3) is 0.265. The molecular weight excluding hydrogens is 598 g/mol. The molecule has 0 aromatic heterocycles. The average molecular weight is 630 g/mol. The number of hydrogen-bond acceptors (Lipinski definition) is 10. The molecule has 0 amide bonds. The van der Waals surface area contributed by atoms with E-state index in [0.717, 1.165) is 42.9 Å². The number of ether oxygens (including phenoxy) is 5. The summed E-state index contributed by atoms with van der Waals surface area (Å²) in [6.45, 7) is 4.11. The van der Waals surface area contributed by atoms with Crippen molar-refractivity contribution in [3.8, 4) is 28.7 Å². The molecule has 0 aliphatic carbocycles. The monoisotopic (exact) mass is 629 g/mol.